The quantitative estimate of drug-likeness (QED) is 0.403. The maximum Gasteiger partial charge on any atom is 0.324 e. The number of aryl methyl sites for hydroxylation is 1. The van der Waals surface area contributed by atoms with E-state index in [4.69, 9.17) is 9.47 Å². The van der Waals surface area contributed by atoms with Gasteiger partial charge in [-0.15, -0.1) is 0 Å². The van der Waals surface area contributed by atoms with Gasteiger partial charge in [-0.3, -0.25) is 9.59 Å². The molecule has 2 rings (SSSR count). The number of allylic oxidation sites excluding steroid dienone is 3. The molecule has 0 saturated heterocycles. The van der Waals surface area contributed by atoms with Gasteiger partial charge in [0.25, 0.3) is 0 Å². The van der Waals surface area contributed by atoms with Crippen molar-refractivity contribution in [2.75, 3.05) is 13.2 Å². The summed E-state index contributed by atoms with van der Waals surface area (Å²) in [4.78, 5) is 25.3. The van der Waals surface area contributed by atoms with Gasteiger partial charge in [-0.2, -0.15) is 0 Å². The molecule has 0 aromatic heterocycles. The number of benzene rings is 1. The average Bonchev–Trinajstić information content (AvgIpc) is 3.06. The van der Waals surface area contributed by atoms with Crippen LogP contribution in [0, 0.1) is 18.3 Å². The van der Waals surface area contributed by atoms with Crippen LogP contribution in [0.3, 0.4) is 0 Å². The van der Waals surface area contributed by atoms with Gasteiger partial charge in [-0.05, 0) is 39.3 Å². The van der Waals surface area contributed by atoms with E-state index in [0.29, 0.717) is 0 Å². The first-order valence-corrected chi connectivity index (χ1v) is 10.3. The number of ether oxygens (including phenoxy) is 2. The van der Waals surface area contributed by atoms with Crippen molar-refractivity contribution in [3.8, 4) is 0 Å². The summed E-state index contributed by atoms with van der Waals surface area (Å²) < 4.78 is 35.3. The highest BCUT2D eigenvalue weighted by atomic mass is 32.2. The van der Waals surface area contributed by atoms with Crippen molar-refractivity contribution in [2.24, 2.45) is 11.3 Å². The summed E-state index contributed by atoms with van der Waals surface area (Å²) in [7, 11) is -3.71. The summed E-state index contributed by atoms with van der Waals surface area (Å²) in [5, 5.41) is 1.03. The molecule has 1 aliphatic carbocycles. The van der Waals surface area contributed by atoms with E-state index < -0.39 is 33.1 Å². The third kappa shape index (κ3) is 4.30. The normalized spacial score (nSPS) is 18.6. The highest BCUT2D eigenvalue weighted by Crippen LogP contribution is 2.42. The summed E-state index contributed by atoms with van der Waals surface area (Å²) >= 11 is 0. The summed E-state index contributed by atoms with van der Waals surface area (Å²) in [5.41, 5.74) is -0.647. The summed E-state index contributed by atoms with van der Waals surface area (Å²) in [6.45, 7) is 5.37. The van der Waals surface area contributed by atoms with E-state index in [9.17, 15) is 18.0 Å². The fraction of sp³-hybridized carbons (Fsp3) is 0.400. The van der Waals surface area contributed by atoms with Gasteiger partial charge in [0.2, 0.25) is 0 Å². The highest BCUT2D eigenvalue weighted by Gasteiger charge is 2.54. The van der Waals surface area contributed by atoms with Crippen molar-refractivity contribution in [3.63, 3.8) is 0 Å². The van der Waals surface area contributed by atoms with E-state index in [2.05, 4.69) is 0 Å². The van der Waals surface area contributed by atoms with Gasteiger partial charge in [-0.1, -0.05) is 35.9 Å². The Morgan fingerprint density at radius 2 is 1.67 bits per heavy atom. The molecule has 0 saturated carbocycles. The molecule has 0 bridgehead atoms. The second kappa shape index (κ2) is 8.52. The zero-order valence-corrected chi connectivity index (χ0v) is 16.5. The second-order valence-corrected chi connectivity index (χ2v) is 8.09. The molecule has 27 heavy (non-hydrogen) atoms. The van der Waals surface area contributed by atoms with Gasteiger partial charge in [0.15, 0.2) is 15.3 Å². The molecule has 1 aliphatic rings. The molecule has 146 valence electrons. The lowest BCUT2D eigenvalue weighted by atomic mass is 9.77. The standard InChI is InChI=1S/C20H24O6S/c1-4-25-18(21)20(19(22)26-5-2)13-6-7-16(20)12-14-27(23,24)17-10-8-15(3)9-11-17/h6-12,14,16H,4-5,13H2,1-3H3/b14-12+/t16-/m0/s1. The minimum absolute atomic E-state index is 0.101. The lowest BCUT2D eigenvalue weighted by Crippen LogP contribution is -2.44. The molecule has 1 aromatic rings. The topological polar surface area (TPSA) is 86.7 Å². The van der Waals surface area contributed by atoms with Crippen LogP contribution in [-0.4, -0.2) is 33.6 Å². The number of sulfone groups is 1. The molecule has 0 heterocycles. The van der Waals surface area contributed by atoms with Crippen LogP contribution in [0.15, 0.2) is 52.8 Å². The molecule has 0 fully saturated rings. The van der Waals surface area contributed by atoms with E-state index in [0.717, 1.165) is 11.0 Å². The van der Waals surface area contributed by atoms with Crippen LogP contribution in [0.4, 0.5) is 0 Å². The smallest absolute Gasteiger partial charge is 0.324 e. The molecule has 0 unspecified atom stereocenters. The third-order valence-corrected chi connectivity index (χ3v) is 5.89. The number of hydrogen-bond acceptors (Lipinski definition) is 6. The summed E-state index contributed by atoms with van der Waals surface area (Å²) in [5.74, 6) is -2.19. The van der Waals surface area contributed by atoms with E-state index in [1.807, 2.05) is 6.92 Å². The fourth-order valence-corrected chi connectivity index (χ4v) is 4.01. The maximum absolute atomic E-state index is 12.6. The van der Waals surface area contributed by atoms with Crippen molar-refractivity contribution in [3.05, 3.63) is 53.5 Å². The fourth-order valence-electron chi connectivity index (χ4n) is 2.97. The molecule has 6 nitrogen and oxygen atoms in total. The lowest BCUT2D eigenvalue weighted by Gasteiger charge is -2.29. The SMILES string of the molecule is CCOC(=O)C1(C(=O)OCC)CC=C[C@H]1/C=C/S(=O)(=O)c1ccc(C)cc1. The molecule has 1 atom stereocenters. The van der Waals surface area contributed by atoms with E-state index in [1.54, 1.807) is 38.1 Å². The van der Waals surface area contributed by atoms with Crippen LogP contribution in [0.1, 0.15) is 25.8 Å². The molecular weight excluding hydrogens is 368 g/mol. The van der Waals surface area contributed by atoms with Crippen LogP contribution in [-0.2, 0) is 28.9 Å². The van der Waals surface area contributed by atoms with Crippen LogP contribution >= 0.6 is 0 Å². The van der Waals surface area contributed by atoms with Gasteiger partial charge in [-0.25, -0.2) is 8.42 Å². The monoisotopic (exact) mass is 392 g/mol. The highest BCUT2D eigenvalue weighted by molar-refractivity contribution is 7.94. The number of carbonyl (C=O) groups is 2. The average molecular weight is 392 g/mol. The molecule has 1 aromatic carbocycles. The maximum atomic E-state index is 12.6. The molecular formula is C20H24O6S. The van der Waals surface area contributed by atoms with Crippen LogP contribution in [0.5, 0.6) is 0 Å². The Labute approximate surface area is 159 Å². The minimum atomic E-state index is -3.71. The Bertz CT molecular complexity index is 831. The van der Waals surface area contributed by atoms with Gasteiger partial charge in [0.1, 0.15) is 0 Å². The largest absolute Gasteiger partial charge is 0.465 e. The third-order valence-electron chi connectivity index (χ3n) is 4.45. The predicted octanol–water partition coefficient (Wildman–Crippen LogP) is 2.97. The first-order valence-electron chi connectivity index (χ1n) is 8.79. The molecule has 0 aliphatic heterocycles. The Hall–Kier alpha value is -2.41. The van der Waals surface area contributed by atoms with Crippen LogP contribution in [0.2, 0.25) is 0 Å². The van der Waals surface area contributed by atoms with Gasteiger partial charge < -0.3 is 9.47 Å². The van der Waals surface area contributed by atoms with Crippen LogP contribution in [0.25, 0.3) is 0 Å². The van der Waals surface area contributed by atoms with Gasteiger partial charge in [0.05, 0.1) is 18.1 Å². The Morgan fingerprint density at radius 1 is 1.11 bits per heavy atom. The lowest BCUT2D eigenvalue weighted by molar-refractivity contribution is -0.173. The Kier molecular flexibility index (Phi) is 6.59. The van der Waals surface area contributed by atoms with Gasteiger partial charge in [0, 0.05) is 11.3 Å². The predicted molar refractivity (Wildman–Crippen MR) is 100 cm³/mol. The Morgan fingerprint density at radius 3 is 2.19 bits per heavy atom. The zero-order chi connectivity index (χ0) is 20.1. The zero-order valence-electron chi connectivity index (χ0n) is 15.7. The number of rotatable bonds is 7. The van der Waals surface area contributed by atoms with Gasteiger partial charge >= 0.3 is 11.9 Å². The Balaban J connectivity index is 2.37. The number of esters is 2. The molecule has 7 heteroatoms. The second-order valence-electron chi connectivity index (χ2n) is 6.26. The molecule has 0 spiro atoms. The van der Waals surface area contributed by atoms with Crippen molar-refractivity contribution in [1.82, 2.24) is 0 Å². The molecule has 0 amide bonds. The van der Waals surface area contributed by atoms with Crippen molar-refractivity contribution in [2.45, 2.75) is 32.1 Å². The summed E-state index contributed by atoms with van der Waals surface area (Å²) in [6, 6.07) is 6.45. The van der Waals surface area contributed by atoms with Crippen molar-refractivity contribution in [1.29, 1.82) is 0 Å². The first kappa shape index (κ1) is 20.9. The van der Waals surface area contributed by atoms with Crippen LogP contribution < -0.4 is 0 Å². The molecule has 0 radical (unpaired) electrons. The van der Waals surface area contributed by atoms with E-state index in [-0.39, 0.29) is 24.5 Å². The van der Waals surface area contributed by atoms with Crippen molar-refractivity contribution < 1.29 is 27.5 Å². The van der Waals surface area contributed by atoms with E-state index >= 15 is 0 Å². The number of hydrogen-bond donors (Lipinski definition) is 0. The molecule has 0 N–H and O–H groups in total. The first-order chi connectivity index (χ1) is 12.8. The minimum Gasteiger partial charge on any atom is -0.465 e. The van der Waals surface area contributed by atoms with E-state index in [1.165, 1.54) is 18.2 Å². The number of carbonyl (C=O) groups excluding carboxylic acids is 2. The van der Waals surface area contributed by atoms with Crippen molar-refractivity contribution >= 4 is 21.8 Å². The summed E-state index contributed by atoms with van der Waals surface area (Å²) in [6.07, 6.45) is 4.76.